The minimum Gasteiger partial charge on any atom is -0.398 e. The van der Waals surface area contributed by atoms with Crippen molar-refractivity contribution in [2.45, 2.75) is 35.4 Å². The summed E-state index contributed by atoms with van der Waals surface area (Å²) in [4.78, 5) is 0.119. The van der Waals surface area contributed by atoms with E-state index in [1.165, 1.54) is 0 Å². The molecule has 0 amide bonds. The predicted molar refractivity (Wildman–Crippen MR) is 91.5 cm³/mol. The van der Waals surface area contributed by atoms with Crippen molar-refractivity contribution in [3.8, 4) is 0 Å². The Hall–Kier alpha value is 0.240. The van der Waals surface area contributed by atoms with E-state index in [-0.39, 0.29) is 16.6 Å². The second-order valence-electron chi connectivity index (χ2n) is 4.79. The first-order valence-corrected chi connectivity index (χ1v) is 10.5. The van der Waals surface area contributed by atoms with Crippen LogP contribution in [0, 0.1) is 0 Å². The fraction of sp³-hybridized carbons (Fsp3) is 0.500. The van der Waals surface area contributed by atoms with Gasteiger partial charge in [0.05, 0.1) is 5.69 Å². The van der Waals surface area contributed by atoms with Crippen LogP contribution in [0.15, 0.2) is 26.0 Å². The molecule has 1 saturated carbocycles. The van der Waals surface area contributed by atoms with Crippen molar-refractivity contribution < 1.29 is 8.42 Å². The van der Waals surface area contributed by atoms with Crippen molar-refractivity contribution in [2.75, 3.05) is 12.0 Å². The van der Waals surface area contributed by atoms with Gasteiger partial charge in [-0.2, -0.15) is 11.8 Å². The van der Waals surface area contributed by atoms with Crippen molar-refractivity contribution in [3.63, 3.8) is 0 Å². The molecule has 1 aromatic carbocycles. The minimum absolute atomic E-state index is 0.00704. The number of rotatable bonds is 4. The van der Waals surface area contributed by atoms with E-state index >= 15 is 0 Å². The second-order valence-corrected chi connectivity index (χ2v) is 9.35. The van der Waals surface area contributed by atoms with Crippen LogP contribution >= 0.6 is 43.6 Å². The summed E-state index contributed by atoms with van der Waals surface area (Å²) in [5.41, 5.74) is 6.09. The van der Waals surface area contributed by atoms with Gasteiger partial charge in [-0.3, -0.25) is 0 Å². The van der Waals surface area contributed by atoms with Crippen molar-refractivity contribution >= 4 is 59.3 Å². The molecule has 0 heterocycles. The van der Waals surface area contributed by atoms with Crippen LogP contribution in [0.2, 0.25) is 0 Å². The Morgan fingerprint density at radius 2 is 2.05 bits per heavy atom. The van der Waals surface area contributed by atoms with E-state index in [9.17, 15) is 8.42 Å². The molecule has 3 N–H and O–H groups in total. The monoisotopic (exact) mass is 442 g/mol. The second kappa shape index (κ2) is 6.56. The third-order valence-electron chi connectivity index (χ3n) is 3.35. The standard InChI is InChI=1S/C12H16Br2N2O2S2/c1-19-9-3-2-8(6-9)16-20(17,18)12-10(14)4-7(13)5-11(12)15/h4-5,8-9,16H,2-3,6,15H2,1H3. The van der Waals surface area contributed by atoms with E-state index < -0.39 is 10.0 Å². The Labute approximate surface area is 140 Å². The number of anilines is 1. The van der Waals surface area contributed by atoms with Crippen LogP contribution in [0.1, 0.15) is 19.3 Å². The van der Waals surface area contributed by atoms with E-state index in [2.05, 4.69) is 42.8 Å². The van der Waals surface area contributed by atoms with Crippen LogP contribution in [0.5, 0.6) is 0 Å². The Morgan fingerprint density at radius 3 is 2.60 bits per heavy atom. The van der Waals surface area contributed by atoms with E-state index in [1.54, 1.807) is 23.9 Å². The number of nitrogens with one attached hydrogen (secondary N) is 1. The number of sulfonamides is 1. The Kier molecular flexibility index (Phi) is 5.45. The molecule has 0 aromatic heterocycles. The quantitative estimate of drug-likeness (QED) is 0.699. The van der Waals surface area contributed by atoms with Gasteiger partial charge in [0.2, 0.25) is 10.0 Å². The third kappa shape index (κ3) is 3.71. The lowest BCUT2D eigenvalue weighted by Gasteiger charge is -2.16. The van der Waals surface area contributed by atoms with Crippen LogP contribution in [-0.4, -0.2) is 26.0 Å². The smallest absolute Gasteiger partial charge is 0.243 e. The molecule has 2 rings (SSSR count). The average Bonchev–Trinajstić information content (AvgIpc) is 2.73. The summed E-state index contributed by atoms with van der Waals surface area (Å²) in [5.74, 6) is 0. The first-order valence-electron chi connectivity index (χ1n) is 6.13. The number of hydrogen-bond acceptors (Lipinski definition) is 4. The van der Waals surface area contributed by atoms with Crippen LogP contribution in [0.3, 0.4) is 0 Å². The molecular weight excluding hydrogens is 428 g/mol. The SMILES string of the molecule is CSC1CCC(NS(=O)(=O)c2c(N)cc(Br)cc2Br)C1. The molecule has 0 radical (unpaired) electrons. The number of thioether (sulfide) groups is 1. The van der Waals surface area contributed by atoms with E-state index in [4.69, 9.17) is 5.73 Å². The molecule has 8 heteroatoms. The lowest BCUT2D eigenvalue weighted by Crippen LogP contribution is -2.33. The van der Waals surface area contributed by atoms with Gasteiger partial charge in [-0.25, -0.2) is 13.1 Å². The average molecular weight is 444 g/mol. The Bertz CT molecular complexity index is 584. The van der Waals surface area contributed by atoms with Gasteiger partial charge < -0.3 is 5.73 Å². The molecule has 0 bridgehead atoms. The summed E-state index contributed by atoms with van der Waals surface area (Å²) < 4.78 is 29.0. The molecule has 0 spiro atoms. The van der Waals surface area contributed by atoms with E-state index in [0.29, 0.717) is 9.72 Å². The highest BCUT2D eigenvalue weighted by Gasteiger charge is 2.30. The third-order valence-corrected chi connectivity index (χ3v) is 7.42. The molecule has 0 saturated heterocycles. The maximum atomic E-state index is 12.5. The molecule has 1 aliphatic carbocycles. The summed E-state index contributed by atoms with van der Waals surface area (Å²) in [6.07, 6.45) is 4.85. The predicted octanol–water partition coefficient (Wildman–Crippen LogP) is 3.36. The van der Waals surface area contributed by atoms with Crippen LogP contribution in [0.4, 0.5) is 5.69 Å². The summed E-state index contributed by atoms with van der Waals surface area (Å²) in [5, 5.41) is 0.536. The highest BCUT2D eigenvalue weighted by Crippen LogP contribution is 2.33. The van der Waals surface area contributed by atoms with Gasteiger partial charge >= 0.3 is 0 Å². The molecule has 1 fully saturated rings. The van der Waals surface area contributed by atoms with Crippen molar-refractivity contribution in [2.24, 2.45) is 0 Å². The van der Waals surface area contributed by atoms with Crippen LogP contribution in [-0.2, 0) is 10.0 Å². The van der Waals surface area contributed by atoms with E-state index in [0.717, 1.165) is 23.7 Å². The fourth-order valence-electron chi connectivity index (χ4n) is 2.40. The van der Waals surface area contributed by atoms with Gasteiger partial charge in [0.15, 0.2) is 0 Å². The molecule has 2 atom stereocenters. The molecular formula is C12H16Br2N2O2S2. The highest BCUT2D eigenvalue weighted by atomic mass is 79.9. The first-order chi connectivity index (χ1) is 9.33. The molecule has 20 heavy (non-hydrogen) atoms. The summed E-state index contributed by atoms with van der Waals surface area (Å²) in [7, 11) is -3.61. The zero-order valence-corrected chi connectivity index (χ0v) is 15.7. The Morgan fingerprint density at radius 1 is 1.35 bits per heavy atom. The normalized spacial score (nSPS) is 23.1. The maximum absolute atomic E-state index is 12.5. The summed E-state index contributed by atoms with van der Waals surface area (Å²) >= 11 is 8.36. The van der Waals surface area contributed by atoms with Crippen molar-refractivity contribution in [1.29, 1.82) is 0 Å². The van der Waals surface area contributed by atoms with Gasteiger partial charge in [0.25, 0.3) is 0 Å². The number of nitrogens with two attached hydrogens (primary N) is 1. The highest BCUT2D eigenvalue weighted by molar-refractivity contribution is 9.11. The summed E-state index contributed by atoms with van der Waals surface area (Å²) in [6.45, 7) is 0. The first kappa shape index (κ1) is 16.6. The molecule has 0 aliphatic heterocycles. The Balaban J connectivity index is 2.24. The molecule has 2 unspecified atom stereocenters. The fourth-order valence-corrected chi connectivity index (χ4v) is 6.55. The van der Waals surface area contributed by atoms with Gasteiger partial charge in [-0.05, 0) is 53.6 Å². The number of halogens is 2. The van der Waals surface area contributed by atoms with Crippen LogP contribution < -0.4 is 10.5 Å². The molecule has 1 aromatic rings. The van der Waals surface area contributed by atoms with Gasteiger partial charge in [0.1, 0.15) is 4.90 Å². The number of benzene rings is 1. The van der Waals surface area contributed by atoms with Crippen LogP contribution in [0.25, 0.3) is 0 Å². The topological polar surface area (TPSA) is 72.2 Å². The lowest BCUT2D eigenvalue weighted by atomic mass is 10.3. The number of nitrogen functional groups attached to an aromatic ring is 1. The van der Waals surface area contributed by atoms with E-state index in [1.807, 2.05) is 0 Å². The van der Waals surface area contributed by atoms with Gasteiger partial charge in [-0.1, -0.05) is 15.9 Å². The summed E-state index contributed by atoms with van der Waals surface area (Å²) in [6, 6.07) is 3.27. The largest absolute Gasteiger partial charge is 0.398 e. The molecule has 112 valence electrons. The molecule has 4 nitrogen and oxygen atoms in total. The molecule has 1 aliphatic rings. The van der Waals surface area contributed by atoms with Crippen molar-refractivity contribution in [3.05, 3.63) is 21.1 Å². The van der Waals surface area contributed by atoms with Gasteiger partial charge in [-0.15, -0.1) is 0 Å². The zero-order valence-electron chi connectivity index (χ0n) is 10.9. The number of hydrogen-bond donors (Lipinski definition) is 2. The zero-order chi connectivity index (χ0) is 14.9. The lowest BCUT2D eigenvalue weighted by molar-refractivity contribution is 0.552. The maximum Gasteiger partial charge on any atom is 0.243 e. The minimum atomic E-state index is -3.61. The van der Waals surface area contributed by atoms with Crippen molar-refractivity contribution in [1.82, 2.24) is 4.72 Å². The van der Waals surface area contributed by atoms with Gasteiger partial charge in [0, 0.05) is 20.2 Å².